The first-order chi connectivity index (χ1) is 7.68. The fourth-order valence-corrected chi connectivity index (χ4v) is 3.02. The number of hydrogen-bond donors (Lipinski definition) is 1. The van der Waals surface area contributed by atoms with Crippen molar-refractivity contribution in [3.05, 3.63) is 28.2 Å². The van der Waals surface area contributed by atoms with Crippen LogP contribution in [-0.4, -0.2) is 20.7 Å². The molecule has 1 amide bonds. The third-order valence-corrected chi connectivity index (χ3v) is 3.77. The summed E-state index contributed by atoms with van der Waals surface area (Å²) in [4.78, 5) is 11.9. The molecule has 0 bridgehead atoms. The van der Waals surface area contributed by atoms with Crippen molar-refractivity contribution in [2.75, 3.05) is 0 Å². The highest BCUT2D eigenvalue weighted by Gasteiger charge is 2.25. The van der Waals surface area contributed by atoms with Gasteiger partial charge in [-0.05, 0) is 24.8 Å². The van der Waals surface area contributed by atoms with E-state index < -0.39 is 0 Å². The minimum atomic E-state index is -0.0290. The van der Waals surface area contributed by atoms with Crippen LogP contribution in [-0.2, 0) is 6.54 Å². The van der Waals surface area contributed by atoms with Crippen LogP contribution in [0.25, 0.3) is 5.00 Å². The van der Waals surface area contributed by atoms with Crippen LogP contribution in [0.3, 0.4) is 0 Å². The van der Waals surface area contributed by atoms with E-state index in [4.69, 9.17) is 0 Å². The molecule has 2 aromatic rings. The van der Waals surface area contributed by atoms with Gasteiger partial charge in [0.1, 0.15) is 10.8 Å². The summed E-state index contributed by atoms with van der Waals surface area (Å²) < 4.78 is 1.95. The van der Waals surface area contributed by atoms with Crippen LogP contribution in [0.4, 0.5) is 0 Å². The average molecular weight is 234 g/mol. The van der Waals surface area contributed by atoms with Gasteiger partial charge >= 0.3 is 0 Å². The topological polar surface area (TPSA) is 59.8 Å². The zero-order chi connectivity index (χ0) is 11.3. The van der Waals surface area contributed by atoms with E-state index in [1.54, 1.807) is 11.3 Å². The van der Waals surface area contributed by atoms with Gasteiger partial charge in [0.05, 0.1) is 12.1 Å². The SMILES string of the molecule is Cc1csc2c1C(=O)NCc1nnc(C)n1-2. The number of amides is 1. The molecule has 0 atom stereocenters. The number of rotatable bonds is 0. The summed E-state index contributed by atoms with van der Waals surface area (Å²) in [6.07, 6.45) is 0. The van der Waals surface area contributed by atoms with E-state index in [1.807, 2.05) is 23.8 Å². The van der Waals surface area contributed by atoms with Gasteiger partial charge < -0.3 is 5.32 Å². The van der Waals surface area contributed by atoms with E-state index in [0.29, 0.717) is 6.54 Å². The molecule has 0 saturated carbocycles. The summed E-state index contributed by atoms with van der Waals surface area (Å²) >= 11 is 1.55. The molecule has 82 valence electrons. The Morgan fingerprint density at radius 2 is 2.25 bits per heavy atom. The number of carbonyl (C=O) groups is 1. The number of fused-ring (bicyclic) bond motifs is 3. The second-order valence-electron chi connectivity index (χ2n) is 3.78. The summed E-state index contributed by atoms with van der Waals surface area (Å²) in [5, 5.41) is 13.9. The first kappa shape index (κ1) is 9.53. The van der Waals surface area contributed by atoms with Gasteiger partial charge in [0.15, 0.2) is 5.82 Å². The van der Waals surface area contributed by atoms with Crippen molar-refractivity contribution in [2.24, 2.45) is 0 Å². The molecule has 2 aromatic heterocycles. The van der Waals surface area contributed by atoms with Crippen molar-refractivity contribution in [3.63, 3.8) is 0 Å². The maximum Gasteiger partial charge on any atom is 0.254 e. The molecule has 0 aromatic carbocycles. The Morgan fingerprint density at radius 3 is 3.06 bits per heavy atom. The van der Waals surface area contributed by atoms with Crippen molar-refractivity contribution >= 4 is 17.2 Å². The molecular weight excluding hydrogens is 224 g/mol. The molecule has 1 N–H and O–H groups in total. The Kier molecular flexibility index (Phi) is 1.88. The van der Waals surface area contributed by atoms with Crippen molar-refractivity contribution in [3.8, 4) is 5.00 Å². The molecule has 3 heterocycles. The number of aromatic nitrogens is 3. The third kappa shape index (κ3) is 1.13. The molecule has 0 fully saturated rings. The first-order valence-corrected chi connectivity index (χ1v) is 5.84. The van der Waals surface area contributed by atoms with Crippen LogP contribution in [0.5, 0.6) is 0 Å². The van der Waals surface area contributed by atoms with E-state index >= 15 is 0 Å². The molecule has 1 aliphatic heterocycles. The number of thiophene rings is 1. The molecule has 0 radical (unpaired) electrons. The quantitative estimate of drug-likeness (QED) is 0.744. The molecule has 0 spiro atoms. The number of nitrogens with zero attached hydrogens (tertiary/aromatic N) is 3. The monoisotopic (exact) mass is 234 g/mol. The largest absolute Gasteiger partial charge is 0.345 e. The van der Waals surface area contributed by atoms with Gasteiger partial charge in [-0.1, -0.05) is 0 Å². The molecule has 16 heavy (non-hydrogen) atoms. The fourth-order valence-electron chi connectivity index (χ4n) is 1.90. The van der Waals surface area contributed by atoms with Crippen molar-refractivity contribution in [1.29, 1.82) is 0 Å². The Bertz CT molecular complexity index is 584. The van der Waals surface area contributed by atoms with Crippen molar-refractivity contribution in [2.45, 2.75) is 20.4 Å². The fraction of sp³-hybridized carbons (Fsp3) is 0.300. The summed E-state index contributed by atoms with van der Waals surface area (Å²) in [5.41, 5.74) is 1.74. The second-order valence-corrected chi connectivity index (χ2v) is 4.64. The van der Waals surface area contributed by atoms with E-state index in [9.17, 15) is 4.79 Å². The highest BCUT2D eigenvalue weighted by Crippen LogP contribution is 2.29. The molecule has 0 saturated heterocycles. The second kappa shape index (κ2) is 3.15. The summed E-state index contributed by atoms with van der Waals surface area (Å²) in [6, 6.07) is 0. The normalized spacial score (nSPS) is 14.0. The van der Waals surface area contributed by atoms with Crippen LogP contribution in [0.15, 0.2) is 5.38 Å². The van der Waals surface area contributed by atoms with E-state index in [2.05, 4.69) is 15.5 Å². The molecule has 0 unspecified atom stereocenters. The first-order valence-electron chi connectivity index (χ1n) is 4.96. The summed E-state index contributed by atoms with van der Waals surface area (Å²) in [7, 11) is 0. The number of nitrogens with one attached hydrogen (secondary N) is 1. The Balaban J connectivity index is 2.35. The summed E-state index contributed by atoms with van der Waals surface area (Å²) in [6.45, 7) is 4.27. The Morgan fingerprint density at radius 1 is 1.44 bits per heavy atom. The Hall–Kier alpha value is -1.69. The number of aryl methyl sites for hydroxylation is 2. The average Bonchev–Trinajstić information content (AvgIpc) is 2.74. The van der Waals surface area contributed by atoms with Crippen LogP contribution < -0.4 is 5.32 Å². The molecular formula is C10H10N4OS. The predicted octanol–water partition coefficient (Wildman–Crippen LogP) is 1.19. The van der Waals surface area contributed by atoms with Gasteiger partial charge in [0.2, 0.25) is 0 Å². The zero-order valence-corrected chi connectivity index (χ0v) is 9.76. The standard InChI is InChI=1S/C10H10N4OS/c1-5-4-16-10-8(5)9(15)11-3-7-13-12-6(2)14(7)10/h4H,3H2,1-2H3,(H,11,15). The number of carbonyl (C=O) groups excluding carboxylic acids is 1. The lowest BCUT2D eigenvalue weighted by Crippen LogP contribution is -2.21. The van der Waals surface area contributed by atoms with Crippen LogP contribution in [0, 0.1) is 13.8 Å². The highest BCUT2D eigenvalue weighted by atomic mass is 32.1. The zero-order valence-electron chi connectivity index (χ0n) is 8.94. The molecule has 0 aliphatic carbocycles. The van der Waals surface area contributed by atoms with Gasteiger partial charge in [0.25, 0.3) is 5.91 Å². The van der Waals surface area contributed by atoms with Crippen molar-refractivity contribution in [1.82, 2.24) is 20.1 Å². The maximum absolute atomic E-state index is 11.9. The summed E-state index contributed by atoms with van der Waals surface area (Å²) in [5.74, 6) is 1.57. The molecule has 1 aliphatic rings. The van der Waals surface area contributed by atoms with Crippen LogP contribution >= 0.6 is 11.3 Å². The lowest BCUT2D eigenvalue weighted by molar-refractivity contribution is 0.0952. The molecule has 3 rings (SSSR count). The lowest BCUT2D eigenvalue weighted by atomic mass is 10.2. The van der Waals surface area contributed by atoms with Gasteiger partial charge in [-0.25, -0.2) is 0 Å². The van der Waals surface area contributed by atoms with Gasteiger partial charge in [-0.2, -0.15) is 0 Å². The van der Waals surface area contributed by atoms with E-state index in [1.165, 1.54) is 0 Å². The molecule has 5 nitrogen and oxygen atoms in total. The predicted molar refractivity (Wildman–Crippen MR) is 59.9 cm³/mol. The highest BCUT2D eigenvalue weighted by molar-refractivity contribution is 7.13. The lowest BCUT2D eigenvalue weighted by Gasteiger charge is -2.02. The van der Waals surface area contributed by atoms with Crippen LogP contribution in [0.1, 0.15) is 27.6 Å². The maximum atomic E-state index is 11.9. The smallest absolute Gasteiger partial charge is 0.254 e. The minimum absolute atomic E-state index is 0.0290. The van der Waals surface area contributed by atoms with Crippen LogP contribution in [0.2, 0.25) is 0 Å². The number of hydrogen-bond acceptors (Lipinski definition) is 4. The van der Waals surface area contributed by atoms with E-state index in [0.717, 1.165) is 27.8 Å². The van der Waals surface area contributed by atoms with Gasteiger partial charge in [-0.3, -0.25) is 9.36 Å². The van der Waals surface area contributed by atoms with Crippen molar-refractivity contribution < 1.29 is 4.79 Å². The minimum Gasteiger partial charge on any atom is -0.345 e. The van der Waals surface area contributed by atoms with Gasteiger partial charge in [-0.15, -0.1) is 21.5 Å². The Labute approximate surface area is 96.1 Å². The van der Waals surface area contributed by atoms with Gasteiger partial charge in [0, 0.05) is 0 Å². The van der Waals surface area contributed by atoms with E-state index in [-0.39, 0.29) is 5.91 Å². The molecule has 6 heteroatoms. The third-order valence-electron chi connectivity index (χ3n) is 2.68.